The second-order valence-corrected chi connectivity index (χ2v) is 22.4. The number of allylic oxidation sites excluding steroid dienone is 14. The first kappa shape index (κ1) is 74.6. The van der Waals surface area contributed by atoms with Crippen molar-refractivity contribution in [2.45, 2.75) is 341 Å². The number of carbonyl (C=O) groups is 3. The van der Waals surface area contributed by atoms with Gasteiger partial charge in [-0.3, -0.25) is 14.4 Å². The summed E-state index contributed by atoms with van der Waals surface area (Å²) in [5.41, 5.74) is 0. The number of unbranched alkanes of at least 4 members (excludes halogenated alkanes) is 36. The molecule has 0 bridgehead atoms. The molecule has 0 amide bonds. The molecule has 450 valence electrons. The Balaban J connectivity index is 4.25. The number of carbonyl (C=O) groups excluding carboxylic acids is 3. The van der Waals surface area contributed by atoms with Gasteiger partial charge in [-0.05, 0) is 89.9 Å². The summed E-state index contributed by atoms with van der Waals surface area (Å²) in [6, 6.07) is 0. The van der Waals surface area contributed by atoms with Crippen LogP contribution < -0.4 is 0 Å². The first-order chi connectivity index (χ1) is 38.5. The van der Waals surface area contributed by atoms with Gasteiger partial charge in [0.1, 0.15) is 13.2 Å². The summed E-state index contributed by atoms with van der Waals surface area (Å²) in [5, 5.41) is 0. The van der Waals surface area contributed by atoms with Gasteiger partial charge in [0.2, 0.25) is 0 Å². The number of esters is 3. The van der Waals surface area contributed by atoms with Crippen molar-refractivity contribution in [2.75, 3.05) is 13.2 Å². The van der Waals surface area contributed by atoms with E-state index in [0.29, 0.717) is 19.3 Å². The summed E-state index contributed by atoms with van der Waals surface area (Å²) < 4.78 is 16.9. The van der Waals surface area contributed by atoms with Crippen molar-refractivity contribution in [3.63, 3.8) is 0 Å². The largest absolute Gasteiger partial charge is 0.462 e. The maximum Gasteiger partial charge on any atom is 0.306 e. The predicted octanol–water partition coefficient (Wildman–Crippen LogP) is 23.1. The summed E-state index contributed by atoms with van der Waals surface area (Å²) in [7, 11) is 0. The summed E-state index contributed by atoms with van der Waals surface area (Å²) >= 11 is 0. The van der Waals surface area contributed by atoms with Crippen molar-refractivity contribution in [1.29, 1.82) is 0 Å². The first-order valence-electron chi connectivity index (χ1n) is 33.6. The topological polar surface area (TPSA) is 78.9 Å². The lowest BCUT2D eigenvalue weighted by atomic mass is 10.0. The van der Waals surface area contributed by atoms with Crippen LogP contribution in [0.1, 0.15) is 335 Å². The van der Waals surface area contributed by atoms with Crippen molar-refractivity contribution >= 4 is 17.9 Å². The zero-order valence-corrected chi connectivity index (χ0v) is 51.7. The molecule has 0 radical (unpaired) electrons. The fraction of sp³-hybridized carbons (Fsp3) is 0.764. The molecule has 0 N–H and O–H groups in total. The normalized spacial score (nSPS) is 12.6. The van der Waals surface area contributed by atoms with E-state index in [4.69, 9.17) is 14.2 Å². The van der Waals surface area contributed by atoms with Crippen LogP contribution in [0.2, 0.25) is 0 Å². The minimum atomic E-state index is -0.781. The number of hydrogen-bond donors (Lipinski definition) is 0. The third kappa shape index (κ3) is 63.4. The van der Waals surface area contributed by atoms with Gasteiger partial charge >= 0.3 is 17.9 Å². The smallest absolute Gasteiger partial charge is 0.306 e. The molecule has 0 aromatic carbocycles. The maximum atomic E-state index is 12.9. The second kappa shape index (κ2) is 66.1. The van der Waals surface area contributed by atoms with Crippen LogP contribution in [0.15, 0.2) is 85.1 Å². The summed E-state index contributed by atoms with van der Waals surface area (Å²) in [5.74, 6) is -0.876. The molecule has 1 atom stereocenters. The van der Waals surface area contributed by atoms with Crippen LogP contribution >= 0.6 is 0 Å². The van der Waals surface area contributed by atoms with Gasteiger partial charge in [-0.15, -0.1) is 0 Å². The Kier molecular flexibility index (Phi) is 63.2. The van der Waals surface area contributed by atoms with E-state index in [0.717, 1.165) is 109 Å². The maximum absolute atomic E-state index is 12.9. The highest BCUT2D eigenvalue weighted by atomic mass is 16.6. The van der Waals surface area contributed by atoms with E-state index in [-0.39, 0.29) is 31.1 Å². The van der Waals surface area contributed by atoms with E-state index in [9.17, 15) is 14.4 Å². The second-order valence-electron chi connectivity index (χ2n) is 22.4. The quantitative estimate of drug-likeness (QED) is 0.0261. The highest BCUT2D eigenvalue weighted by Crippen LogP contribution is 2.17. The molecule has 6 heteroatoms. The van der Waals surface area contributed by atoms with Crippen LogP contribution in [0.4, 0.5) is 0 Å². The standard InChI is InChI=1S/C72H126O6/c1-4-7-10-13-16-19-22-25-28-30-31-32-33-34-35-36-37-38-39-40-41-43-44-47-50-53-56-59-62-65-71(74)77-68-69(67-76-70(73)64-61-58-55-52-49-46-27-24-21-18-15-12-9-6-3)78-72(75)66-63-60-57-54-51-48-45-42-29-26-23-20-17-14-11-8-5-2/h7,10,15-16,18-19,24-25,27-28,31-32,34-35,69H,4-6,8-9,11-14,17,20-23,26,29-30,33,36-68H2,1-3H3/b10-7-,18-15-,19-16-,27-24-,28-25-,32-31-,35-34-. The Hall–Kier alpha value is -3.41. The van der Waals surface area contributed by atoms with Gasteiger partial charge in [0.15, 0.2) is 6.10 Å². The molecule has 0 spiro atoms. The Morgan fingerprint density at radius 1 is 0.269 bits per heavy atom. The molecule has 0 aromatic heterocycles. The van der Waals surface area contributed by atoms with E-state index in [1.165, 1.54) is 186 Å². The lowest BCUT2D eigenvalue weighted by molar-refractivity contribution is -0.167. The van der Waals surface area contributed by atoms with E-state index in [1.54, 1.807) is 0 Å². The van der Waals surface area contributed by atoms with Crippen LogP contribution in [0, 0.1) is 0 Å². The van der Waals surface area contributed by atoms with Gasteiger partial charge in [0.05, 0.1) is 0 Å². The SMILES string of the molecule is CC/C=C\C/C=C\C/C=C\C/C=C\C/C=C\CCCCCCCCCCCCCCCC(=O)OCC(COC(=O)CCCCCCC/C=C\C/C=C\CCCC)OC(=O)CCCCCCCCCCCCCCCCCCC. The summed E-state index contributed by atoms with van der Waals surface area (Å²) in [4.78, 5) is 38.4. The molecule has 6 nitrogen and oxygen atoms in total. The number of ether oxygens (including phenoxy) is 3. The van der Waals surface area contributed by atoms with Crippen LogP contribution in [-0.2, 0) is 28.6 Å². The molecule has 78 heavy (non-hydrogen) atoms. The molecule has 0 saturated heterocycles. The van der Waals surface area contributed by atoms with Gasteiger partial charge < -0.3 is 14.2 Å². The van der Waals surface area contributed by atoms with Crippen molar-refractivity contribution in [1.82, 2.24) is 0 Å². The lowest BCUT2D eigenvalue weighted by Crippen LogP contribution is -2.30. The van der Waals surface area contributed by atoms with Gasteiger partial charge in [-0.25, -0.2) is 0 Å². The molecule has 0 aliphatic carbocycles. The van der Waals surface area contributed by atoms with Crippen LogP contribution in [0.25, 0.3) is 0 Å². The van der Waals surface area contributed by atoms with Gasteiger partial charge in [0, 0.05) is 19.3 Å². The van der Waals surface area contributed by atoms with Gasteiger partial charge in [0.25, 0.3) is 0 Å². The third-order valence-electron chi connectivity index (χ3n) is 14.6. The number of rotatable bonds is 61. The zero-order valence-electron chi connectivity index (χ0n) is 51.7. The van der Waals surface area contributed by atoms with Crippen molar-refractivity contribution in [2.24, 2.45) is 0 Å². The zero-order chi connectivity index (χ0) is 56.4. The molecule has 0 fully saturated rings. The van der Waals surface area contributed by atoms with Crippen LogP contribution in [-0.4, -0.2) is 37.2 Å². The monoisotopic (exact) mass is 1090 g/mol. The Labute approximate surface area is 484 Å². The third-order valence-corrected chi connectivity index (χ3v) is 14.6. The molecule has 1 unspecified atom stereocenters. The van der Waals surface area contributed by atoms with E-state index in [2.05, 4.69) is 106 Å². The van der Waals surface area contributed by atoms with Crippen LogP contribution in [0.3, 0.4) is 0 Å². The molecular formula is C72H126O6. The molecule has 0 heterocycles. The van der Waals surface area contributed by atoms with Crippen molar-refractivity contribution in [3.8, 4) is 0 Å². The molecule has 0 aromatic rings. The minimum absolute atomic E-state index is 0.0778. The fourth-order valence-corrected chi connectivity index (χ4v) is 9.61. The first-order valence-corrected chi connectivity index (χ1v) is 33.6. The van der Waals surface area contributed by atoms with E-state index in [1.807, 2.05) is 0 Å². The van der Waals surface area contributed by atoms with Crippen LogP contribution in [0.5, 0.6) is 0 Å². The molecular weight excluding hydrogens is 961 g/mol. The molecule has 0 saturated carbocycles. The molecule has 0 aliphatic rings. The van der Waals surface area contributed by atoms with E-state index >= 15 is 0 Å². The van der Waals surface area contributed by atoms with E-state index < -0.39 is 6.10 Å². The van der Waals surface area contributed by atoms with Crippen molar-refractivity contribution in [3.05, 3.63) is 85.1 Å². The summed E-state index contributed by atoms with van der Waals surface area (Å²) in [6.45, 7) is 6.52. The highest BCUT2D eigenvalue weighted by molar-refractivity contribution is 5.71. The highest BCUT2D eigenvalue weighted by Gasteiger charge is 2.19. The fourth-order valence-electron chi connectivity index (χ4n) is 9.61. The minimum Gasteiger partial charge on any atom is -0.462 e. The Morgan fingerprint density at radius 2 is 0.513 bits per heavy atom. The lowest BCUT2D eigenvalue weighted by Gasteiger charge is -2.18. The Morgan fingerprint density at radius 3 is 0.821 bits per heavy atom. The average molecular weight is 1090 g/mol. The molecule has 0 aliphatic heterocycles. The predicted molar refractivity (Wildman–Crippen MR) is 339 cm³/mol. The Bertz CT molecular complexity index is 1480. The van der Waals surface area contributed by atoms with Gasteiger partial charge in [-0.2, -0.15) is 0 Å². The van der Waals surface area contributed by atoms with Crippen molar-refractivity contribution < 1.29 is 28.6 Å². The van der Waals surface area contributed by atoms with Gasteiger partial charge in [-0.1, -0.05) is 311 Å². The average Bonchev–Trinajstić information content (AvgIpc) is 3.44. The molecule has 0 rings (SSSR count). The summed E-state index contributed by atoms with van der Waals surface area (Å²) in [6.07, 6.45) is 87.4. The number of hydrogen-bond acceptors (Lipinski definition) is 6.